The number of benzene rings is 2. The Morgan fingerprint density at radius 2 is 1.91 bits per heavy atom. The molecule has 3 rings (SSSR count). The molecule has 0 fully saturated rings. The van der Waals surface area contributed by atoms with Crippen LogP contribution in [-0.4, -0.2) is 32.3 Å². The standard InChI is InChI=1S/C16H15BO6/c1-20-15-8-12(3-5-13(15)16(18)21-2)23-11-4-6-14-10(7-11)9-22-17(14)19/h3-8,19H,9H2,1-2H3. The van der Waals surface area contributed by atoms with Crippen LogP contribution < -0.4 is 14.9 Å². The van der Waals surface area contributed by atoms with Crippen molar-refractivity contribution in [2.75, 3.05) is 14.2 Å². The molecule has 0 saturated carbocycles. The number of carbonyl (C=O) groups is 1. The predicted octanol–water partition coefficient (Wildman–Crippen LogP) is 1.49. The maximum atomic E-state index is 11.6. The molecule has 1 heterocycles. The van der Waals surface area contributed by atoms with E-state index in [1.807, 2.05) is 6.07 Å². The second-order valence-corrected chi connectivity index (χ2v) is 4.98. The van der Waals surface area contributed by atoms with E-state index in [0.717, 1.165) is 11.0 Å². The highest BCUT2D eigenvalue weighted by Crippen LogP contribution is 2.29. The summed E-state index contributed by atoms with van der Waals surface area (Å²) in [5.41, 5.74) is 1.96. The Kier molecular flexibility index (Phi) is 4.23. The van der Waals surface area contributed by atoms with Crippen LogP contribution in [-0.2, 0) is 16.0 Å². The van der Waals surface area contributed by atoms with Gasteiger partial charge < -0.3 is 23.9 Å². The number of fused-ring (bicyclic) bond motifs is 1. The van der Waals surface area contributed by atoms with E-state index in [2.05, 4.69) is 0 Å². The Labute approximate surface area is 133 Å². The molecule has 0 spiro atoms. The average molecular weight is 314 g/mol. The molecule has 23 heavy (non-hydrogen) atoms. The predicted molar refractivity (Wildman–Crippen MR) is 83.2 cm³/mol. The summed E-state index contributed by atoms with van der Waals surface area (Å²) in [6.45, 7) is 0.346. The highest BCUT2D eigenvalue weighted by Gasteiger charge is 2.27. The van der Waals surface area contributed by atoms with Gasteiger partial charge in [0.2, 0.25) is 0 Å². The molecule has 0 unspecified atom stereocenters. The topological polar surface area (TPSA) is 74.2 Å². The van der Waals surface area contributed by atoms with Crippen molar-refractivity contribution in [1.82, 2.24) is 0 Å². The minimum absolute atomic E-state index is 0.327. The molecule has 1 aliphatic heterocycles. The lowest BCUT2D eigenvalue weighted by molar-refractivity contribution is 0.0597. The fourth-order valence-corrected chi connectivity index (χ4v) is 2.42. The van der Waals surface area contributed by atoms with Gasteiger partial charge in [0.05, 0.1) is 20.8 Å². The van der Waals surface area contributed by atoms with Gasteiger partial charge >= 0.3 is 13.1 Å². The Hall–Kier alpha value is -2.51. The minimum atomic E-state index is -0.876. The molecule has 0 atom stereocenters. The molecule has 2 aromatic carbocycles. The number of hydrogen-bond acceptors (Lipinski definition) is 6. The van der Waals surface area contributed by atoms with Crippen LogP contribution in [0.1, 0.15) is 15.9 Å². The van der Waals surface area contributed by atoms with E-state index in [4.69, 9.17) is 18.9 Å². The molecule has 0 aliphatic carbocycles. The SMILES string of the molecule is COC(=O)c1ccc(Oc2ccc3c(c2)COB3O)cc1OC. The minimum Gasteiger partial charge on any atom is -0.496 e. The van der Waals surface area contributed by atoms with Crippen LogP contribution in [0.3, 0.4) is 0 Å². The summed E-state index contributed by atoms with van der Waals surface area (Å²) in [6.07, 6.45) is 0. The van der Waals surface area contributed by atoms with E-state index in [9.17, 15) is 9.82 Å². The summed E-state index contributed by atoms with van der Waals surface area (Å²) >= 11 is 0. The lowest BCUT2D eigenvalue weighted by atomic mass is 9.80. The summed E-state index contributed by atoms with van der Waals surface area (Å²) in [5.74, 6) is 1.02. The Morgan fingerprint density at radius 1 is 1.17 bits per heavy atom. The molecule has 2 aromatic rings. The van der Waals surface area contributed by atoms with Crippen molar-refractivity contribution in [2.24, 2.45) is 0 Å². The quantitative estimate of drug-likeness (QED) is 0.681. The van der Waals surface area contributed by atoms with Crippen molar-refractivity contribution in [1.29, 1.82) is 0 Å². The zero-order valence-electron chi connectivity index (χ0n) is 12.7. The van der Waals surface area contributed by atoms with Crippen molar-refractivity contribution in [2.45, 2.75) is 6.61 Å². The second kappa shape index (κ2) is 6.32. The van der Waals surface area contributed by atoms with Gasteiger partial charge in [0.1, 0.15) is 22.8 Å². The van der Waals surface area contributed by atoms with Gasteiger partial charge in [-0.2, -0.15) is 0 Å². The van der Waals surface area contributed by atoms with Gasteiger partial charge in [-0.3, -0.25) is 0 Å². The molecule has 118 valence electrons. The summed E-state index contributed by atoms with van der Waals surface area (Å²) in [5, 5.41) is 9.61. The molecule has 0 bridgehead atoms. The van der Waals surface area contributed by atoms with Crippen molar-refractivity contribution < 1.29 is 28.7 Å². The van der Waals surface area contributed by atoms with E-state index < -0.39 is 13.1 Å². The lowest BCUT2D eigenvalue weighted by Gasteiger charge is -2.11. The van der Waals surface area contributed by atoms with Crippen LogP contribution in [0.15, 0.2) is 36.4 Å². The third-order valence-corrected chi connectivity index (χ3v) is 3.59. The number of rotatable bonds is 4. The van der Waals surface area contributed by atoms with E-state index in [1.165, 1.54) is 14.2 Å². The third kappa shape index (κ3) is 3.01. The number of methoxy groups -OCH3 is 2. The van der Waals surface area contributed by atoms with Crippen molar-refractivity contribution >= 4 is 18.6 Å². The third-order valence-electron chi connectivity index (χ3n) is 3.59. The first-order valence-electron chi connectivity index (χ1n) is 6.99. The fraction of sp³-hybridized carbons (Fsp3) is 0.188. The highest BCUT2D eigenvalue weighted by atomic mass is 16.5. The maximum absolute atomic E-state index is 11.6. The number of hydrogen-bond donors (Lipinski definition) is 1. The molecule has 0 aromatic heterocycles. The average Bonchev–Trinajstić information content (AvgIpc) is 2.94. The van der Waals surface area contributed by atoms with E-state index >= 15 is 0 Å². The Morgan fingerprint density at radius 3 is 2.65 bits per heavy atom. The zero-order chi connectivity index (χ0) is 16.4. The van der Waals surface area contributed by atoms with Crippen LogP contribution in [0.2, 0.25) is 0 Å². The molecule has 0 saturated heterocycles. The van der Waals surface area contributed by atoms with E-state index in [0.29, 0.717) is 29.4 Å². The summed E-state index contributed by atoms with van der Waals surface area (Å²) < 4.78 is 20.8. The maximum Gasteiger partial charge on any atom is 0.491 e. The molecule has 6 nitrogen and oxygen atoms in total. The van der Waals surface area contributed by atoms with Gasteiger partial charge in [0.25, 0.3) is 0 Å². The van der Waals surface area contributed by atoms with Gasteiger partial charge in [-0.1, -0.05) is 6.07 Å². The molecular formula is C16H15BO6. The second-order valence-electron chi connectivity index (χ2n) is 4.98. The van der Waals surface area contributed by atoms with Crippen LogP contribution in [0.4, 0.5) is 0 Å². The highest BCUT2D eigenvalue weighted by molar-refractivity contribution is 6.61. The molecule has 1 N–H and O–H groups in total. The van der Waals surface area contributed by atoms with E-state index in [-0.39, 0.29) is 0 Å². The first-order valence-corrected chi connectivity index (χ1v) is 6.99. The Balaban J connectivity index is 1.85. The monoisotopic (exact) mass is 314 g/mol. The number of carbonyl (C=O) groups excluding carboxylic acids is 1. The number of esters is 1. The molecular weight excluding hydrogens is 299 g/mol. The first kappa shape index (κ1) is 15.4. The zero-order valence-corrected chi connectivity index (χ0v) is 12.7. The van der Waals surface area contributed by atoms with Crippen LogP contribution in [0.5, 0.6) is 17.2 Å². The smallest absolute Gasteiger partial charge is 0.491 e. The Bertz CT molecular complexity index is 745. The lowest BCUT2D eigenvalue weighted by Crippen LogP contribution is -2.27. The van der Waals surface area contributed by atoms with Gasteiger partial charge in [-0.05, 0) is 35.3 Å². The first-order chi connectivity index (χ1) is 11.1. The van der Waals surface area contributed by atoms with Crippen molar-refractivity contribution in [3.63, 3.8) is 0 Å². The molecule has 0 radical (unpaired) electrons. The normalized spacial score (nSPS) is 12.7. The summed E-state index contributed by atoms with van der Waals surface area (Å²) in [6, 6.07) is 10.2. The van der Waals surface area contributed by atoms with Gasteiger partial charge in [0, 0.05) is 6.07 Å². The molecule has 7 heteroatoms. The van der Waals surface area contributed by atoms with Gasteiger partial charge in [0.15, 0.2) is 0 Å². The van der Waals surface area contributed by atoms with Crippen molar-refractivity contribution in [3.05, 3.63) is 47.5 Å². The van der Waals surface area contributed by atoms with Gasteiger partial charge in [-0.25, -0.2) is 4.79 Å². The van der Waals surface area contributed by atoms with Crippen LogP contribution in [0.25, 0.3) is 0 Å². The summed E-state index contributed by atoms with van der Waals surface area (Å²) in [7, 11) is 1.91. The molecule has 0 amide bonds. The van der Waals surface area contributed by atoms with Crippen molar-refractivity contribution in [3.8, 4) is 17.2 Å². The number of ether oxygens (including phenoxy) is 3. The van der Waals surface area contributed by atoms with Gasteiger partial charge in [-0.15, -0.1) is 0 Å². The van der Waals surface area contributed by atoms with Crippen LogP contribution >= 0.6 is 0 Å². The summed E-state index contributed by atoms with van der Waals surface area (Å²) in [4.78, 5) is 11.6. The molecule has 1 aliphatic rings. The largest absolute Gasteiger partial charge is 0.496 e. The van der Waals surface area contributed by atoms with E-state index in [1.54, 1.807) is 30.3 Å². The fourth-order valence-electron chi connectivity index (χ4n) is 2.42. The van der Waals surface area contributed by atoms with Crippen LogP contribution in [0, 0.1) is 0 Å².